The molecule has 0 radical (unpaired) electrons. The monoisotopic (exact) mass is 342 g/mol. The van der Waals surface area contributed by atoms with Crippen molar-refractivity contribution in [3.8, 4) is 0 Å². The van der Waals surface area contributed by atoms with Crippen molar-refractivity contribution in [2.45, 2.75) is 26.4 Å². The molecule has 1 aromatic rings. The molecule has 0 spiro atoms. The average molecular weight is 342 g/mol. The van der Waals surface area contributed by atoms with Gasteiger partial charge in [-0.25, -0.2) is 0 Å². The molecule has 23 heavy (non-hydrogen) atoms. The largest absolute Gasteiger partial charge is 0.371 e. The third kappa shape index (κ3) is 3.60. The van der Waals surface area contributed by atoms with Crippen LogP contribution < -0.4 is 0 Å². The van der Waals surface area contributed by atoms with Gasteiger partial charge in [0.05, 0.1) is 18.9 Å². The van der Waals surface area contributed by atoms with E-state index in [-0.39, 0.29) is 6.10 Å². The maximum absolute atomic E-state index is 13.0. The van der Waals surface area contributed by atoms with Crippen molar-refractivity contribution in [3.63, 3.8) is 0 Å². The van der Waals surface area contributed by atoms with Crippen molar-refractivity contribution in [1.82, 2.24) is 18.4 Å². The third-order valence-electron chi connectivity index (χ3n) is 4.61. The molecular formula is C15H26N4O3S. The number of hydrogen-bond acceptors (Lipinski definition) is 4. The Balaban J connectivity index is 1.74. The Morgan fingerprint density at radius 2 is 1.87 bits per heavy atom. The van der Waals surface area contributed by atoms with Gasteiger partial charge in [-0.05, 0) is 18.3 Å². The minimum absolute atomic E-state index is 0.244. The van der Waals surface area contributed by atoms with E-state index in [0.29, 0.717) is 44.6 Å². The Hall–Kier alpha value is -0.960. The van der Waals surface area contributed by atoms with Gasteiger partial charge in [0, 0.05) is 45.0 Å². The van der Waals surface area contributed by atoms with Gasteiger partial charge in [-0.15, -0.1) is 0 Å². The standard InChI is InChI=1S/C15H26N4O3S/c1-12-6-13(2)9-19(8-12)23(20,21)18-4-5-22-15(11-18)14-7-16-17(3)10-14/h7,10,12-13,15H,4-6,8-9,11H2,1-3H3/t12-,13+,15-/m0/s1. The third-order valence-corrected chi connectivity index (χ3v) is 6.55. The zero-order chi connectivity index (χ0) is 16.6. The summed E-state index contributed by atoms with van der Waals surface area (Å²) in [4.78, 5) is 0. The molecule has 2 fully saturated rings. The molecule has 0 amide bonds. The van der Waals surface area contributed by atoms with Gasteiger partial charge in [0.1, 0.15) is 0 Å². The fraction of sp³-hybridized carbons (Fsp3) is 0.800. The highest BCUT2D eigenvalue weighted by molar-refractivity contribution is 7.86. The normalized spacial score (nSPS) is 31.3. The maximum atomic E-state index is 13.0. The molecule has 3 rings (SSSR count). The van der Waals surface area contributed by atoms with Crippen LogP contribution in [0.5, 0.6) is 0 Å². The fourth-order valence-corrected chi connectivity index (χ4v) is 5.44. The Morgan fingerprint density at radius 1 is 1.17 bits per heavy atom. The highest BCUT2D eigenvalue weighted by Gasteiger charge is 2.37. The van der Waals surface area contributed by atoms with Crippen molar-refractivity contribution in [2.24, 2.45) is 18.9 Å². The van der Waals surface area contributed by atoms with E-state index in [1.807, 2.05) is 13.2 Å². The van der Waals surface area contributed by atoms with E-state index in [1.165, 1.54) is 0 Å². The molecule has 1 aromatic heterocycles. The second-order valence-electron chi connectivity index (χ2n) is 6.94. The van der Waals surface area contributed by atoms with Gasteiger partial charge in [-0.2, -0.15) is 22.1 Å². The number of morpholine rings is 1. The molecule has 2 aliphatic rings. The maximum Gasteiger partial charge on any atom is 0.282 e. The number of rotatable bonds is 3. The first-order valence-corrected chi connectivity index (χ1v) is 9.61. The number of hydrogen-bond donors (Lipinski definition) is 0. The number of aryl methyl sites for hydroxylation is 1. The lowest BCUT2D eigenvalue weighted by atomic mass is 9.94. The van der Waals surface area contributed by atoms with E-state index in [0.717, 1.165) is 12.0 Å². The molecule has 0 aromatic carbocycles. The summed E-state index contributed by atoms with van der Waals surface area (Å²) < 4.78 is 36.7. The molecule has 0 saturated carbocycles. The summed E-state index contributed by atoms with van der Waals surface area (Å²) in [7, 11) is -1.58. The lowest BCUT2D eigenvalue weighted by Gasteiger charge is -2.39. The quantitative estimate of drug-likeness (QED) is 0.822. The topological polar surface area (TPSA) is 67.7 Å². The number of nitrogens with zero attached hydrogens (tertiary/aromatic N) is 4. The van der Waals surface area contributed by atoms with Crippen LogP contribution in [-0.4, -0.2) is 59.6 Å². The van der Waals surface area contributed by atoms with Gasteiger partial charge in [0.15, 0.2) is 0 Å². The first-order valence-electron chi connectivity index (χ1n) is 8.21. The zero-order valence-corrected chi connectivity index (χ0v) is 14.9. The van der Waals surface area contributed by atoms with Crippen LogP contribution >= 0.6 is 0 Å². The molecule has 0 bridgehead atoms. The summed E-state index contributed by atoms with van der Waals surface area (Å²) in [5.74, 6) is 0.812. The van der Waals surface area contributed by atoms with Gasteiger partial charge >= 0.3 is 0 Å². The summed E-state index contributed by atoms with van der Waals surface area (Å²) >= 11 is 0. The molecule has 8 heteroatoms. The highest BCUT2D eigenvalue weighted by atomic mass is 32.2. The van der Waals surface area contributed by atoms with E-state index in [2.05, 4.69) is 18.9 Å². The summed E-state index contributed by atoms with van der Waals surface area (Å²) in [6.45, 7) is 6.65. The second kappa shape index (κ2) is 6.51. The van der Waals surface area contributed by atoms with E-state index >= 15 is 0 Å². The van der Waals surface area contributed by atoms with E-state index in [9.17, 15) is 8.42 Å². The lowest BCUT2D eigenvalue weighted by Crippen LogP contribution is -2.52. The van der Waals surface area contributed by atoms with E-state index < -0.39 is 10.2 Å². The molecule has 0 aliphatic carbocycles. The van der Waals surface area contributed by atoms with Crippen molar-refractivity contribution in [2.75, 3.05) is 32.8 Å². The molecule has 2 saturated heterocycles. The zero-order valence-electron chi connectivity index (χ0n) is 14.1. The lowest BCUT2D eigenvalue weighted by molar-refractivity contribution is -0.00501. The summed E-state index contributed by atoms with van der Waals surface area (Å²) in [5.41, 5.74) is 0.924. The molecular weight excluding hydrogens is 316 g/mol. The predicted molar refractivity (Wildman–Crippen MR) is 86.9 cm³/mol. The van der Waals surface area contributed by atoms with Crippen LogP contribution in [0.2, 0.25) is 0 Å². The Kier molecular flexibility index (Phi) is 4.78. The Labute approximate surface area is 138 Å². The van der Waals surface area contributed by atoms with Gasteiger partial charge in [0.2, 0.25) is 0 Å². The van der Waals surface area contributed by atoms with Gasteiger partial charge in [-0.1, -0.05) is 13.8 Å². The molecule has 3 atom stereocenters. The minimum atomic E-state index is -3.43. The van der Waals surface area contributed by atoms with Crippen LogP contribution in [0.3, 0.4) is 0 Å². The molecule has 0 unspecified atom stereocenters. The molecule has 7 nitrogen and oxygen atoms in total. The summed E-state index contributed by atoms with van der Waals surface area (Å²) in [6, 6.07) is 0. The van der Waals surface area contributed by atoms with Crippen LogP contribution in [0.4, 0.5) is 0 Å². The van der Waals surface area contributed by atoms with Gasteiger partial charge < -0.3 is 4.74 Å². The number of piperidine rings is 1. The molecule has 3 heterocycles. The first-order chi connectivity index (χ1) is 10.9. The summed E-state index contributed by atoms with van der Waals surface area (Å²) in [6.07, 6.45) is 4.47. The van der Waals surface area contributed by atoms with E-state index in [4.69, 9.17) is 4.74 Å². The van der Waals surface area contributed by atoms with Crippen LogP contribution in [0.15, 0.2) is 12.4 Å². The van der Waals surface area contributed by atoms with Crippen LogP contribution in [-0.2, 0) is 22.0 Å². The molecule has 2 aliphatic heterocycles. The highest BCUT2D eigenvalue weighted by Crippen LogP contribution is 2.28. The predicted octanol–water partition coefficient (Wildman–Crippen LogP) is 1.02. The number of ether oxygens (including phenoxy) is 1. The average Bonchev–Trinajstić information content (AvgIpc) is 2.93. The van der Waals surface area contributed by atoms with Gasteiger partial charge in [0.25, 0.3) is 10.2 Å². The summed E-state index contributed by atoms with van der Waals surface area (Å²) in [5, 5.41) is 4.15. The number of aromatic nitrogens is 2. The minimum Gasteiger partial charge on any atom is -0.371 e. The Bertz CT molecular complexity index is 635. The van der Waals surface area contributed by atoms with Crippen LogP contribution in [0.1, 0.15) is 31.9 Å². The van der Waals surface area contributed by atoms with E-state index in [1.54, 1.807) is 19.5 Å². The second-order valence-corrected chi connectivity index (χ2v) is 8.86. The van der Waals surface area contributed by atoms with Crippen molar-refractivity contribution in [3.05, 3.63) is 18.0 Å². The van der Waals surface area contributed by atoms with Gasteiger partial charge in [-0.3, -0.25) is 4.68 Å². The van der Waals surface area contributed by atoms with Crippen molar-refractivity contribution in [1.29, 1.82) is 0 Å². The van der Waals surface area contributed by atoms with Crippen molar-refractivity contribution < 1.29 is 13.2 Å². The molecule has 130 valence electrons. The Morgan fingerprint density at radius 3 is 2.48 bits per heavy atom. The SMILES string of the molecule is C[C@@H]1C[C@H](C)CN(S(=O)(=O)N2CCO[C@H](c3cnn(C)c3)C2)C1. The smallest absolute Gasteiger partial charge is 0.282 e. The molecule has 0 N–H and O–H groups in total. The van der Waals surface area contributed by atoms with Crippen LogP contribution in [0, 0.1) is 11.8 Å². The first kappa shape index (κ1) is 16.9. The van der Waals surface area contributed by atoms with Crippen molar-refractivity contribution >= 4 is 10.2 Å². The van der Waals surface area contributed by atoms with Crippen LogP contribution in [0.25, 0.3) is 0 Å². The fourth-order valence-electron chi connectivity index (χ4n) is 3.60.